The first-order chi connectivity index (χ1) is 26.1. The minimum atomic E-state index is -0.369. The molecule has 0 spiro atoms. The van der Waals surface area contributed by atoms with Crippen molar-refractivity contribution < 1.29 is 9.59 Å². The van der Waals surface area contributed by atoms with Gasteiger partial charge in [-0.15, -0.1) is 0 Å². The molecule has 1 aliphatic rings. The summed E-state index contributed by atoms with van der Waals surface area (Å²) in [5, 5.41) is 3.46. The van der Waals surface area contributed by atoms with Gasteiger partial charge in [0.15, 0.2) is 0 Å². The van der Waals surface area contributed by atoms with E-state index in [1.54, 1.807) is 0 Å². The lowest BCUT2D eigenvalue weighted by molar-refractivity contribution is -0.141. The summed E-state index contributed by atoms with van der Waals surface area (Å²) in [4.78, 5) is 34.5. The Kier molecular flexibility index (Phi) is 29.1. The van der Waals surface area contributed by atoms with Crippen LogP contribution < -0.4 is 5.32 Å². The zero-order chi connectivity index (χ0) is 38.0. The highest BCUT2D eigenvalue weighted by molar-refractivity contribution is 5.87. The molecule has 0 radical (unpaired) electrons. The second-order valence-electron chi connectivity index (χ2n) is 16.1. The van der Waals surface area contributed by atoms with Crippen LogP contribution in [-0.2, 0) is 16.1 Å². The van der Waals surface area contributed by atoms with Crippen LogP contribution in [0.3, 0.4) is 0 Å². The van der Waals surface area contributed by atoms with Crippen molar-refractivity contribution >= 4 is 11.8 Å². The third kappa shape index (κ3) is 23.9. The molecule has 1 N–H and O–H groups in total. The fourth-order valence-electron chi connectivity index (χ4n) is 7.89. The van der Waals surface area contributed by atoms with E-state index in [1.165, 1.54) is 128 Å². The van der Waals surface area contributed by atoms with Gasteiger partial charge in [0.2, 0.25) is 11.8 Å². The van der Waals surface area contributed by atoms with Crippen molar-refractivity contribution in [3.63, 3.8) is 0 Å². The van der Waals surface area contributed by atoms with Crippen molar-refractivity contribution in [2.45, 2.75) is 238 Å². The number of carbonyl (C=O) groups is 2. The number of aromatic nitrogens is 2. The Morgan fingerprint density at radius 3 is 1.87 bits per heavy atom. The molecule has 0 aliphatic heterocycles. The van der Waals surface area contributed by atoms with Gasteiger partial charge in [-0.3, -0.25) is 9.59 Å². The second kappa shape index (κ2) is 33.0. The van der Waals surface area contributed by atoms with Gasteiger partial charge in [-0.1, -0.05) is 167 Å². The second-order valence-corrected chi connectivity index (χ2v) is 16.1. The van der Waals surface area contributed by atoms with E-state index < -0.39 is 0 Å². The van der Waals surface area contributed by atoms with E-state index in [9.17, 15) is 9.59 Å². The van der Waals surface area contributed by atoms with Crippen LogP contribution in [0.25, 0.3) is 0 Å². The third-order valence-electron chi connectivity index (χ3n) is 11.3. The van der Waals surface area contributed by atoms with Gasteiger partial charge in [0.1, 0.15) is 11.9 Å². The molecule has 1 unspecified atom stereocenters. The molecule has 304 valence electrons. The smallest absolute Gasteiger partial charge is 0.243 e. The number of nitrogens with one attached hydrogen (secondary N) is 1. The average molecular weight is 737 g/mol. The Bertz CT molecular complexity index is 1070. The summed E-state index contributed by atoms with van der Waals surface area (Å²) in [6, 6.07) is -0.122. The molecule has 1 fully saturated rings. The standard InChI is InChI=1S/C47H84N4O2/c1-4-6-8-10-12-14-16-17-18-19-20-21-23-25-27-33-38-46(52)51(41-34-40-50-42-39-48-43(50)3)45(47(53)49-44-35-30-28-29-31-36-44)37-32-26-24-22-15-13-11-9-7-5-2/h14,16,18-19,39,42,44-45H,4-13,15,17,20-38,40-41H2,1-3H3,(H,49,53)/b16-14-,19-18-. The Hall–Kier alpha value is -2.37. The molecular weight excluding hydrogens is 653 g/mol. The summed E-state index contributed by atoms with van der Waals surface area (Å²) >= 11 is 0. The number of nitrogens with zero attached hydrogens (tertiary/aromatic N) is 3. The van der Waals surface area contributed by atoms with Gasteiger partial charge in [0.25, 0.3) is 0 Å². The van der Waals surface area contributed by atoms with Crippen LogP contribution >= 0.6 is 0 Å². The third-order valence-corrected chi connectivity index (χ3v) is 11.3. The fraction of sp³-hybridized carbons (Fsp3) is 0.809. The van der Waals surface area contributed by atoms with Crippen molar-refractivity contribution in [2.75, 3.05) is 6.54 Å². The molecule has 0 saturated heterocycles. The number of carbonyl (C=O) groups excluding carboxylic acids is 2. The summed E-state index contributed by atoms with van der Waals surface area (Å²) in [5.74, 6) is 1.26. The predicted molar refractivity (Wildman–Crippen MR) is 227 cm³/mol. The summed E-state index contributed by atoms with van der Waals surface area (Å²) in [6.07, 6.45) is 49.4. The summed E-state index contributed by atoms with van der Waals surface area (Å²) < 4.78 is 2.16. The van der Waals surface area contributed by atoms with E-state index in [2.05, 4.69) is 53.0 Å². The highest BCUT2D eigenvalue weighted by Gasteiger charge is 2.30. The van der Waals surface area contributed by atoms with Crippen molar-refractivity contribution in [1.82, 2.24) is 19.8 Å². The average Bonchev–Trinajstić information content (AvgIpc) is 3.39. The molecule has 53 heavy (non-hydrogen) atoms. The molecule has 1 atom stereocenters. The van der Waals surface area contributed by atoms with Crippen molar-refractivity contribution in [1.29, 1.82) is 0 Å². The van der Waals surface area contributed by atoms with E-state index >= 15 is 0 Å². The minimum Gasteiger partial charge on any atom is -0.352 e. The normalized spacial score (nSPS) is 14.6. The molecule has 1 aromatic heterocycles. The topological polar surface area (TPSA) is 67.2 Å². The van der Waals surface area contributed by atoms with Gasteiger partial charge in [-0.05, 0) is 71.1 Å². The lowest BCUT2D eigenvalue weighted by atomic mass is 10.0. The molecule has 1 heterocycles. The van der Waals surface area contributed by atoms with Crippen molar-refractivity contribution in [3.05, 3.63) is 42.5 Å². The van der Waals surface area contributed by atoms with Crippen LogP contribution in [0.15, 0.2) is 36.7 Å². The molecule has 6 nitrogen and oxygen atoms in total. The number of rotatable bonds is 33. The zero-order valence-electron chi connectivity index (χ0n) is 35.1. The Morgan fingerprint density at radius 2 is 1.28 bits per heavy atom. The number of amides is 2. The maximum Gasteiger partial charge on any atom is 0.243 e. The molecule has 2 rings (SSSR count). The monoisotopic (exact) mass is 737 g/mol. The van der Waals surface area contributed by atoms with E-state index in [-0.39, 0.29) is 23.9 Å². The number of allylic oxidation sites excluding steroid dienone is 4. The SMILES string of the molecule is CCCCCC/C=C\C/C=C\CCCCCCCC(=O)N(CCCn1ccnc1C)C(CCCCCCCCCCCC)C(=O)NC1CCCCCC1. The van der Waals surface area contributed by atoms with Crippen LogP contribution in [0, 0.1) is 6.92 Å². The summed E-state index contributed by atoms with van der Waals surface area (Å²) in [7, 11) is 0. The molecule has 0 aromatic carbocycles. The lowest BCUT2D eigenvalue weighted by Gasteiger charge is -2.33. The van der Waals surface area contributed by atoms with Crippen LogP contribution in [0.4, 0.5) is 0 Å². The first-order valence-corrected chi connectivity index (χ1v) is 22.9. The molecule has 1 aromatic rings. The minimum absolute atomic E-state index is 0.0931. The first kappa shape index (κ1) is 46.8. The van der Waals surface area contributed by atoms with Gasteiger partial charge in [0.05, 0.1) is 0 Å². The van der Waals surface area contributed by atoms with Crippen LogP contribution in [0.1, 0.15) is 219 Å². The number of hydrogen-bond donors (Lipinski definition) is 1. The molecule has 0 bridgehead atoms. The Balaban J connectivity index is 1.89. The van der Waals surface area contributed by atoms with Crippen LogP contribution in [0.5, 0.6) is 0 Å². The van der Waals surface area contributed by atoms with E-state index in [4.69, 9.17) is 0 Å². The zero-order valence-corrected chi connectivity index (χ0v) is 35.1. The predicted octanol–water partition coefficient (Wildman–Crippen LogP) is 13.1. The van der Waals surface area contributed by atoms with Crippen molar-refractivity contribution in [3.8, 4) is 0 Å². The fourth-order valence-corrected chi connectivity index (χ4v) is 7.89. The van der Waals surface area contributed by atoms with Gasteiger partial charge < -0.3 is 14.8 Å². The summed E-state index contributed by atoms with van der Waals surface area (Å²) in [6.45, 7) is 8.01. The molecule has 6 heteroatoms. The van der Waals surface area contributed by atoms with Gasteiger partial charge in [-0.25, -0.2) is 4.98 Å². The summed E-state index contributed by atoms with van der Waals surface area (Å²) in [5.41, 5.74) is 0. The number of unbranched alkanes of at least 4 members (excludes halogenated alkanes) is 18. The highest BCUT2D eigenvalue weighted by atomic mass is 16.2. The molecule has 1 aliphatic carbocycles. The first-order valence-electron chi connectivity index (χ1n) is 22.9. The van der Waals surface area contributed by atoms with Crippen LogP contribution in [0.2, 0.25) is 0 Å². The highest BCUT2D eigenvalue weighted by Crippen LogP contribution is 2.21. The number of imidazole rings is 1. The van der Waals surface area contributed by atoms with E-state index in [0.29, 0.717) is 13.0 Å². The number of hydrogen-bond acceptors (Lipinski definition) is 3. The quantitative estimate of drug-likeness (QED) is 0.0444. The van der Waals surface area contributed by atoms with Gasteiger partial charge in [-0.2, -0.15) is 0 Å². The number of aryl methyl sites for hydroxylation is 2. The van der Waals surface area contributed by atoms with Crippen LogP contribution in [-0.4, -0.2) is 44.9 Å². The molecular formula is C47H84N4O2. The van der Waals surface area contributed by atoms with Gasteiger partial charge in [0, 0.05) is 37.9 Å². The lowest BCUT2D eigenvalue weighted by Crippen LogP contribution is -2.52. The molecule has 2 amide bonds. The van der Waals surface area contributed by atoms with E-state index in [0.717, 1.165) is 76.6 Å². The Labute approximate surface area is 327 Å². The molecule has 1 saturated carbocycles. The largest absolute Gasteiger partial charge is 0.352 e. The maximum atomic E-state index is 14.1. The maximum absolute atomic E-state index is 14.1. The van der Waals surface area contributed by atoms with Crippen molar-refractivity contribution in [2.24, 2.45) is 0 Å². The Morgan fingerprint density at radius 1 is 0.736 bits per heavy atom. The van der Waals surface area contributed by atoms with E-state index in [1.807, 2.05) is 24.2 Å². The van der Waals surface area contributed by atoms with Gasteiger partial charge >= 0.3 is 0 Å².